The molecule has 0 aliphatic carbocycles. The summed E-state index contributed by atoms with van der Waals surface area (Å²) in [6, 6.07) is 7.09. The van der Waals surface area contributed by atoms with Crippen LogP contribution in [0.2, 0.25) is 0 Å². The molecule has 2 aromatic heterocycles. The van der Waals surface area contributed by atoms with Crippen molar-refractivity contribution < 1.29 is 9.53 Å². The Morgan fingerprint density at radius 2 is 2.23 bits per heavy atom. The van der Waals surface area contributed by atoms with Crippen molar-refractivity contribution in [3.05, 3.63) is 51.4 Å². The molecule has 0 unspecified atom stereocenters. The van der Waals surface area contributed by atoms with Gasteiger partial charge in [-0.1, -0.05) is 6.07 Å². The van der Waals surface area contributed by atoms with E-state index in [2.05, 4.69) is 15.3 Å². The SMILES string of the molecule is COc1cccc(NC(=O)c2sc3nc[nH]c(=O)c3c2C)c1. The van der Waals surface area contributed by atoms with E-state index in [-0.39, 0.29) is 11.5 Å². The summed E-state index contributed by atoms with van der Waals surface area (Å²) in [5, 5.41) is 3.27. The molecule has 0 aliphatic rings. The zero-order chi connectivity index (χ0) is 15.7. The lowest BCUT2D eigenvalue weighted by Crippen LogP contribution is -2.12. The number of thiophene rings is 1. The predicted octanol–water partition coefficient (Wildman–Crippen LogP) is 2.55. The number of methoxy groups -OCH3 is 1. The van der Waals surface area contributed by atoms with Crippen LogP contribution in [0.25, 0.3) is 10.2 Å². The number of ether oxygens (including phenoxy) is 1. The maximum Gasteiger partial charge on any atom is 0.266 e. The van der Waals surface area contributed by atoms with Gasteiger partial charge in [0.15, 0.2) is 0 Å². The number of carbonyl (C=O) groups is 1. The van der Waals surface area contributed by atoms with Gasteiger partial charge in [0, 0.05) is 11.8 Å². The van der Waals surface area contributed by atoms with Crippen LogP contribution < -0.4 is 15.6 Å². The molecule has 6 nitrogen and oxygen atoms in total. The number of nitrogens with one attached hydrogen (secondary N) is 2. The summed E-state index contributed by atoms with van der Waals surface area (Å²) in [4.78, 5) is 31.9. The second-order valence-corrected chi connectivity index (χ2v) is 5.65. The molecule has 0 atom stereocenters. The van der Waals surface area contributed by atoms with Crippen LogP contribution in [-0.4, -0.2) is 23.0 Å². The monoisotopic (exact) mass is 315 g/mol. The van der Waals surface area contributed by atoms with E-state index in [0.717, 1.165) is 0 Å². The van der Waals surface area contributed by atoms with Crippen molar-refractivity contribution in [3.8, 4) is 5.75 Å². The summed E-state index contributed by atoms with van der Waals surface area (Å²) >= 11 is 1.20. The Morgan fingerprint density at radius 3 is 2.95 bits per heavy atom. The molecule has 0 bridgehead atoms. The minimum Gasteiger partial charge on any atom is -0.497 e. The van der Waals surface area contributed by atoms with Crippen LogP contribution in [0.3, 0.4) is 0 Å². The molecule has 0 fully saturated rings. The number of aryl methyl sites for hydroxylation is 1. The van der Waals surface area contributed by atoms with Crippen molar-refractivity contribution in [2.24, 2.45) is 0 Å². The number of benzene rings is 1. The highest BCUT2D eigenvalue weighted by molar-refractivity contribution is 7.20. The van der Waals surface area contributed by atoms with Gasteiger partial charge in [0.2, 0.25) is 0 Å². The standard InChI is InChI=1S/C15H13N3O3S/c1-8-11-13(19)16-7-17-15(11)22-12(8)14(20)18-9-4-3-5-10(6-9)21-2/h3-7H,1-2H3,(H,18,20)(H,16,17,19). The number of aromatic nitrogens is 2. The van der Waals surface area contributed by atoms with Crippen molar-refractivity contribution in [1.82, 2.24) is 9.97 Å². The number of nitrogens with zero attached hydrogens (tertiary/aromatic N) is 1. The second kappa shape index (κ2) is 5.61. The fourth-order valence-electron chi connectivity index (χ4n) is 2.18. The quantitative estimate of drug-likeness (QED) is 0.778. The van der Waals surface area contributed by atoms with E-state index in [9.17, 15) is 9.59 Å². The lowest BCUT2D eigenvalue weighted by atomic mass is 10.2. The van der Waals surface area contributed by atoms with Gasteiger partial charge in [-0.15, -0.1) is 11.3 Å². The van der Waals surface area contributed by atoms with Gasteiger partial charge in [0.1, 0.15) is 10.6 Å². The molecular formula is C15H13N3O3S. The molecule has 0 spiro atoms. The Balaban J connectivity index is 1.97. The molecule has 112 valence electrons. The number of hydrogen-bond donors (Lipinski definition) is 2. The van der Waals surface area contributed by atoms with E-state index in [1.165, 1.54) is 17.7 Å². The Hall–Kier alpha value is -2.67. The van der Waals surface area contributed by atoms with Gasteiger partial charge in [-0.2, -0.15) is 0 Å². The van der Waals surface area contributed by atoms with Crippen LogP contribution in [0.4, 0.5) is 5.69 Å². The van der Waals surface area contributed by atoms with E-state index in [4.69, 9.17) is 4.74 Å². The molecule has 3 aromatic rings. The largest absolute Gasteiger partial charge is 0.497 e. The van der Waals surface area contributed by atoms with Crippen LogP contribution in [0, 0.1) is 6.92 Å². The van der Waals surface area contributed by atoms with Gasteiger partial charge in [0.25, 0.3) is 11.5 Å². The summed E-state index contributed by atoms with van der Waals surface area (Å²) < 4.78 is 5.13. The van der Waals surface area contributed by atoms with Crippen molar-refractivity contribution in [1.29, 1.82) is 0 Å². The fourth-order valence-corrected chi connectivity index (χ4v) is 3.23. The summed E-state index contributed by atoms with van der Waals surface area (Å²) in [6.07, 6.45) is 1.34. The number of aromatic amines is 1. The van der Waals surface area contributed by atoms with Crippen molar-refractivity contribution in [2.75, 3.05) is 12.4 Å². The number of anilines is 1. The first-order valence-electron chi connectivity index (χ1n) is 6.52. The Bertz CT molecular complexity index is 914. The average Bonchev–Trinajstić information content (AvgIpc) is 2.86. The molecule has 2 heterocycles. The fraction of sp³-hybridized carbons (Fsp3) is 0.133. The molecule has 7 heteroatoms. The highest BCUT2D eigenvalue weighted by Crippen LogP contribution is 2.27. The molecule has 0 saturated heterocycles. The maximum absolute atomic E-state index is 12.4. The highest BCUT2D eigenvalue weighted by atomic mass is 32.1. The molecule has 0 saturated carbocycles. The molecule has 0 aliphatic heterocycles. The van der Waals surface area contributed by atoms with E-state index in [1.807, 2.05) is 0 Å². The molecular weight excluding hydrogens is 302 g/mol. The summed E-state index contributed by atoms with van der Waals surface area (Å²) in [6.45, 7) is 1.75. The molecule has 22 heavy (non-hydrogen) atoms. The number of fused-ring (bicyclic) bond motifs is 1. The van der Waals surface area contributed by atoms with E-state index in [0.29, 0.717) is 32.1 Å². The van der Waals surface area contributed by atoms with Gasteiger partial charge in [-0.25, -0.2) is 4.98 Å². The Labute approximate surface area is 129 Å². The molecule has 0 radical (unpaired) electrons. The Morgan fingerprint density at radius 1 is 1.41 bits per heavy atom. The van der Waals surface area contributed by atoms with E-state index < -0.39 is 0 Å². The third kappa shape index (κ3) is 2.46. The van der Waals surface area contributed by atoms with Crippen LogP contribution in [-0.2, 0) is 0 Å². The maximum atomic E-state index is 12.4. The van der Waals surface area contributed by atoms with Crippen LogP contribution in [0.15, 0.2) is 35.4 Å². The first-order valence-corrected chi connectivity index (χ1v) is 7.34. The van der Waals surface area contributed by atoms with Crippen LogP contribution in [0.1, 0.15) is 15.2 Å². The summed E-state index contributed by atoms with van der Waals surface area (Å²) in [5.41, 5.74) is 1.03. The van der Waals surface area contributed by atoms with Crippen LogP contribution in [0.5, 0.6) is 5.75 Å². The van der Waals surface area contributed by atoms with Gasteiger partial charge in [-0.3, -0.25) is 9.59 Å². The predicted molar refractivity (Wildman–Crippen MR) is 85.9 cm³/mol. The smallest absolute Gasteiger partial charge is 0.266 e. The lowest BCUT2D eigenvalue weighted by Gasteiger charge is -2.06. The molecule has 1 amide bonds. The second-order valence-electron chi connectivity index (χ2n) is 4.65. The number of hydrogen-bond acceptors (Lipinski definition) is 5. The van der Waals surface area contributed by atoms with E-state index in [1.54, 1.807) is 38.3 Å². The molecule has 2 N–H and O–H groups in total. The number of H-pyrrole nitrogens is 1. The number of amides is 1. The van der Waals surface area contributed by atoms with Gasteiger partial charge in [0.05, 0.1) is 23.7 Å². The minimum atomic E-state index is -0.270. The lowest BCUT2D eigenvalue weighted by molar-refractivity contribution is 0.103. The zero-order valence-corrected chi connectivity index (χ0v) is 12.8. The average molecular weight is 315 g/mol. The third-order valence-electron chi connectivity index (χ3n) is 3.27. The summed E-state index contributed by atoms with van der Waals surface area (Å²) in [7, 11) is 1.56. The van der Waals surface area contributed by atoms with E-state index >= 15 is 0 Å². The first kappa shape index (κ1) is 14.3. The number of rotatable bonds is 3. The van der Waals surface area contributed by atoms with Crippen LogP contribution >= 0.6 is 11.3 Å². The number of carbonyl (C=O) groups excluding carboxylic acids is 1. The van der Waals surface area contributed by atoms with Gasteiger partial charge in [-0.05, 0) is 24.6 Å². The normalized spacial score (nSPS) is 10.6. The van der Waals surface area contributed by atoms with Crippen molar-refractivity contribution in [3.63, 3.8) is 0 Å². The first-order chi connectivity index (χ1) is 10.6. The topological polar surface area (TPSA) is 84.1 Å². The zero-order valence-electron chi connectivity index (χ0n) is 12.0. The van der Waals surface area contributed by atoms with Crippen molar-refractivity contribution >= 4 is 33.1 Å². The van der Waals surface area contributed by atoms with Crippen molar-refractivity contribution in [2.45, 2.75) is 6.92 Å². The van der Waals surface area contributed by atoms with Gasteiger partial charge >= 0.3 is 0 Å². The highest BCUT2D eigenvalue weighted by Gasteiger charge is 2.18. The third-order valence-corrected chi connectivity index (χ3v) is 4.47. The molecule has 1 aromatic carbocycles. The minimum absolute atomic E-state index is 0.237. The van der Waals surface area contributed by atoms with Gasteiger partial charge < -0.3 is 15.0 Å². The summed E-state index contributed by atoms with van der Waals surface area (Å²) in [5.74, 6) is 0.386. The molecule has 3 rings (SSSR count). The Kier molecular flexibility index (Phi) is 3.64.